The molecule has 0 aliphatic carbocycles. The van der Waals surface area contributed by atoms with Crippen LogP contribution in [-0.4, -0.2) is 70.8 Å². The summed E-state index contributed by atoms with van der Waals surface area (Å²) >= 11 is 6.30. The van der Waals surface area contributed by atoms with E-state index in [2.05, 4.69) is 15.0 Å². The molecular weight excluding hydrogens is 559 g/mol. The second kappa shape index (κ2) is 12.5. The number of hydrogen-bond acceptors (Lipinski definition) is 8. The molecule has 4 aromatic rings. The van der Waals surface area contributed by atoms with Crippen LogP contribution in [0.5, 0.6) is 11.5 Å². The number of ether oxygens (including phenoxy) is 2. The quantitative estimate of drug-likeness (QED) is 0.273. The molecule has 14 heteroatoms. The lowest BCUT2D eigenvalue weighted by Gasteiger charge is -2.23. The van der Waals surface area contributed by atoms with Gasteiger partial charge in [0.15, 0.2) is 11.6 Å². The Bertz CT molecular complexity index is 1600. The van der Waals surface area contributed by atoms with Crippen molar-refractivity contribution in [2.75, 3.05) is 28.3 Å². The van der Waals surface area contributed by atoms with Gasteiger partial charge in [0.2, 0.25) is 0 Å². The summed E-state index contributed by atoms with van der Waals surface area (Å²) in [6.07, 6.45) is 4.27. The summed E-state index contributed by atoms with van der Waals surface area (Å²) in [5, 5.41) is 9.33. The Morgan fingerprint density at radius 2 is 1.61 bits per heavy atom. The number of benzene rings is 2. The molecule has 0 unspecified atom stereocenters. The third-order valence-corrected chi connectivity index (χ3v) is 6.33. The molecule has 41 heavy (non-hydrogen) atoms. The van der Waals surface area contributed by atoms with Crippen molar-refractivity contribution >= 4 is 40.5 Å². The molecule has 12 nitrogen and oxygen atoms in total. The van der Waals surface area contributed by atoms with Crippen molar-refractivity contribution in [3.63, 3.8) is 0 Å². The Kier molecular flexibility index (Phi) is 9.37. The van der Waals surface area contributed by atoms with Crippen LogP contribution in [0.4, 0.5) is 9.18 Å². The first-order chi connectivity index (χ1) is 19.3. The SMILES string of the molecule is COc1cc(OC)c(Cl)c(-c2ccc(C(=O)O)c3nccnc23)c1F.C[N+](C)(Cc1ccc(C(N)=O)nc1)C(N)=O. The van der Waals surface area contributed by atoms with Crippen molar-refractivity contribution in [3.05, 3.63) is 76.6 Å². The minimum Gasteiger partial charge on any atom is -0.495 e. The minimum atomic E-state index is -1.16. The first kappa shape index (κ1) is 30.7. The Hall–Kier alpha value is -4.88. The van der Waals surface area contributed by atoms with Gasteiger partial charge in [0.25, 0.3) is 5.91 Å². The smallest absolute Gasteiger partial charge is 0.413 e. The lowest BCUT2D eigenvalue weighted by Crippen LogP contribution is -2.48. The molecule has 2 aromatic heterocycles. The van der Waals surface area contributed by atoms with Crippen LogP contribution < -0.4 is 20.9 Å². The van der Waals surface area contributed by atoms with Gasteiger partial charge >= 0.3 is 12.0 Å². The standard InChI is InChI=1S/C17H12ClFN2O4.C10H14N4O2/c1-24-10-7-11(25-2)14(19)12(13(10)18)8-3-4-9(17(22)23)16-15(8)20-5-6-21-16;1-14(2,10(12)16)6-7-3-4-8(9(11)15)13-5-7/h3-7H,1-2H3,(H,22,23);3-5H,6H2,1-2H3,(H3-,11,12,15,16)/p+1. The van der Waals surface area contributed by atoms with Gasteiger partial charge in [-0.05, 0) is 18.2 Å². The predicted molar refractivity (Wildman–Crippen MR) is 148 cm³/mol. The number of nitrogens with zero attached hydrogens (tertiary/aromatic N) is 4. The van der Waals surface area contributed by atoms with E-state index in [1.54, 1.807) is 20.2 Å². The van der Waals surface area contributed by atoms with Gasteiger partial charge < -0.3 is 26.0 Å². The molecule has 214 valence electrons. The Balaban J connectivity index is 0.000000250. The lowest BCUT2D eigenvalue weighted by molar-refractivity contribution is -0.821. The van der Waals surface area contributed by atoms with E-state index in [4.69, 9.17) is 32.5 Å². The third kappa shape index (κ3) is 6.65. The summed E-state index contributed by atoms with van der Waals surface area (Å²) in [6, 6.07) is 6.90. The first-order valence-electron chi connectivity index (χ1n) is 11.8. The Morgan fingerprint density at radius 1 is 0.976 bits per heavy atom. The van der Waals surface area contributed by atoms with Crippen LogP contribution in [0, 0.1) is 5.82 Å². The maximum atomic E-state index is 14.9. The van der Waals surface area contributed by atoms with Crippen LogP contribution >= 0.6 is 11.6 Å². The second-order valence-electron chi connectivity index (χ2n) is 9.10. The molecule has 5 N–H and O–H groups in total. The number of carbonyl (C=O) groups is 3. The zero-order chi connectivity index (χ0) is 30.5. The van der Waals surface area contributed by atoms with E-state index < -0.39 is 23.7 Å². The lowest BCUT2D eigenvalue weighted by atomic mass is 9.99. The number of carbonyl (C=O) groups excluding carboxylic acids is 2. The molecule has 2 heterocycles. The number of hydrogen-bond donors (Lipinski definition) is 3. The number of urea groups is 1. The molecule has 0 aliphatic heterocycles. The minimum absolute atomic E-state index is 0.000283. The van der Waals surface area contributed by atoms with Gasteiger partial charge in [-0.3, -0.25) is 19.7 Å². The number of amides is 3. The van der Waals surface area contributed by atoms with Crippen LogP contribution in [0.1, 0.15) is 26.4 Å². The van der Waals surface area contributed by atoms with E-state index in [0.29, 0.717) is 6.54 Å². The number of primary amides is 2. The summed E-state index contributed by atoms with van der Waals surface area (Å²) in [7, 11) is 6.11. The molecule has 0 saturated heterocycles. The fraction of sp³-hybridized carbons (Fsp3) is 0.185. The van der Waals surface area contributed by atoms with E-state index in [0.717, 1.165) is 5.56 Å². The number of halogens is 2. The number of aromatic nitrogens is 3. The summed E-state index contributed by atoms with van der Waals surface area (Å²) in [5.74, 6) is -2.28. The van der Waals surface area contributed by atoms with Crippen LogP contribution in [0.15, 0.2) is 48.9 Å². The summed E-state index contributed by atoms with van der Waals surface area (Å²) in [5.41, 5.74) is 11.9. The fourth-order valence-corrected chi connectivity index (χ4v) is 4.07. The maximum absolute atomic E-state index is 14.9. The van der Waals surface area contributed by atoms with Gasteiger partial charge in [-0.2, -0.15) is 0 Å². The van der Waals surface area contributed by atoms with Crippen LogP contribution in [0.25, 0.3) is 22.2 Å². The highest BCUT2D eigenvalue weighted by molar-refractivity contribution is 6.35. The van der Waals surface area contributed by atoms with Crippen molar-refractivity contribution in [3.8, 4) is 22.6 Å². The number of pyridine rings is 1. The van der Waals surface area contributed by atoms with Gasteiger partial charge in [0, 0.05) is 41.3 Å². The molecule has 0 aliphatic rings. The van der Waals surface area contributed by atoms with E-state index in [-0.39, 0.29) is 54.4 Å². The molecule has 2 aromatic carbocycles. The number of nitrogens with two attached hydrogens (primary N) is 2. The van der Waals surface area contributed by atoms with Crippen molar-refractivity contribution in [2.45, 2.75) is 6.54 Å². The molecule has 0 radical (unpaired) electrons. The molecule has 0 fully saturated rings. The number of carboxylic acids is 1. The van der Waals surface area contributed by atoms with Gasteiger partial charge in [-0.1, -0.05) is 17.7 Å². The number of rotatable bonds is 7. The molecule has 0 saturated carbocycles. The van der Waals surface area contributed by atoms with Crippen LogP contribution in [0.3, 0.4) is 0 Å². The molecular formula is C27H27ClFN6O6+. The topological polar surface area (TPSA) is 181 Å². The largest absolute Gasteiger partial charge is 0.495 e. The van der Waals surface area contributed by atoms with Crippen molar-refractivity contribution < 1.29 is 37.8 Å². The summed E-state index contributed by atoms with van der Waals surface area (Å²) in [6.45, 7) is 0.418. The monoisotopic (exact) mass is 585 g/mol. The average Bonchev–Trinajstić information content (AvgIpc) is 2.93. The highest BCUT2D eigenvalue weighted by Gasteiger charge is 2.25. The predicted octanol–water partition coefficient (Wildman–Crippen LogP) is 3.64. The second-order valence-corrected chi connectivity index (χ2v) is 9.48. The van der Waals surface area contributed by atoms with Gasteiger partial charge in [-0.25, -0.2) is 18.5 Å². The number of methoxy groups -OCH3 is 2. The van der Waals surface area contributed by atoms with E-state index >= 15 is 0 Å². The fourth-order valence-electron chi connectivity index (χ4n) is 3.75. The van der Waals surface area contributed by atoms with Crippen molar-refractivity contribution in [1.82, 2.24) is 15.0 Å². The van der Waals surface area contributed by atoms with Crippen molar-refractivity contribution in [2.24, 2.45) is 11.5 Å². The normalized spacial score (nSPS) is 10.9. The van der Waals surface area contributed by atoms with Gasteiger partial charge in [0.1, 0.15) is 23.5 Å². The molecule has 0 atom stereocenters. The zero-order valence-corrected chi connectivity index (χ0v) is 23.3. The van der Waals surface area contributed by atoms with E-state index in [1.807, 2.05) is 0 Å². The van der Waals surface area contributed by atoms with E-state index in [9.17, 15) is 23.9 Å². The number of carboxylic acid groups (broad SMARTS) is 1. The molecule has 0 bridgehead atoms. The average molecular weight is 586 g/mol. The number of aromatic carboxylic acids is 1. The van der Waals surface area contributed by atoms with Gasteiger partial charge in [-0.15, -0.1) is 0 Å². The van der Waals surface area contributed by atoms with E-state index in [1.165, 1.54) is 57.1 Å². The highest BCUT2D eigenvalue weighted by atomic mass is 35.5. The van der Waals surface area contributed by atoms with Crippen LogP contribution in [-0.2, 0) is 6.54 Å². The number of fused-ring (bicyclic) bond motifs is 1. The molecule has 0 spiro atoms. The maximum Gasteiger partial charge on any atom is 0.413 e. The Labute approximate surface area is 238 Å². The summed E-state index contributed by atoms with van der Waals surface area (Å²) in [4.78, 5) is 45.4. The zero-order valence-electron chi connectivity index (χ0n) is 22.5. The summed E-state index contributed by atoms with van der Waals surface area (Å²) < 4.78 is 25.1. The molecule has 4 rings (SSSR count). The van der Waals surface area contributed by atoms with Gasteiger partial charge in [0.05, 0.1) is 44.4 Å². The first-order valence-corrected chi connectivity index (χ1v) is 12.1. The third-order valence-electron chi connectivity index (χ3n) is 5.95. The Morgan fingerprint density at radius 3 is 2.12 bits per heavy atom. The number of quaternary nitrogens is 1. The van der Waals surface area contributed by atoms with Crippen molar-refractivity contribution in [1.29, 1.82) is 0 Å². The van der Waals surface area contributed by atoms with Crippen LogP contribution in [0.2, 0.25) is 5.02 Å². The molecule has 3 amide bonds. The highest BCUT2D eigenvalue weighted by Crippen LogP contribution is 2.43.